The molecule has 0 saturated carbocycles. The summed E-state index contributed by atoms with van der Waals surface area (Å²) in [5, 5.41) is 10.8. The van der Waals surface area contributed by atoms with Crippen LogP contribution in [0.5, 0.6) is 0 Å². The molecule has 3 rings (SSSR count). The molecule has 1 amide bonds. The van der Waals surface area contributed by atoms with Crippen LogP contribution in [0, 0.1) is 12.3 Å². The summed E-state index contributed by atoms with van der Waals surface area (Å²) in [5.41, 5.74) is 2.35. The van der Waals surface area contributed by atoms with E-state index in [4.69, 9.17) is 4.42 Å². The molecule has 0 radical (unpaired) electrons. The third-order valence-electron chi connectivity index (χ3n) is 3.56. The van der Waals surface area contributed by atoms with Crippen molar-refractivity contribution in [1.29, 1.82) is 0 Å². The van der Waals surface area contributed by atoms with Crippen LogP contribution in [-0.2, 0) is 4.79 Å². The molecule has 2 aliphatic rings. The van der Waals surface area contributed by atoms with Crippen molar-refractivity contribution in [2.24, 2.45) is 5.41 Å². The second-order valence-electron chi connectivity index (χ2n) is 5.30. The van der Waals surface area contributed by atoms with E-state index >= 15 is 0 Å². The van der Waals surface area contributed by atoms with Gasteiger partial charge in [-0.1, -0.05) is 18.2 Å². The zero-order chi connectivity index (χ0) is 13.6. The summed E-state index contributed by atoms with van der Waals surface area (Å²) in [6, 6.07) is 0. The molecule has 1 aliphatic heterocycles. The molecule has 0 bridgehead atoms. The number of rotatable bonds is 1. The number of nitrogens with one attached hydrogen (secondary N) is 1. The Bertz CT molecular complexity index is 647. The van der Waals surface area contributed by atoms with Gasteiger partial charge in [0.1, 0.15) is 0 Å². The Hall–Kier alpha value is -2.17. The highest BCUT2D eigenvalue weighted by molar-refractivity contribution is 5.93. The van der Waals surface area contributed by atoms with E-state index < -0.39 is 5.41 Å². The molecule has 98 valence electrons. The van der Waals surface area contributed by atoms with Crippen molar-refractivity contribution in [2.75, 3.05) is 0 Å². The molecular formula is C14H15N3O2. The summed E-state index contributed by atoms with van der Waals surface area (Å²) in [6.45, 7) is 5.61. The highest BCUT2D eigenvalue weighted by Crippen LogP contribution is 2.39. The SMILES string of the molecule is Cc1nnc(C2=CC=C3C(=CC2)NC(=O)C3(C)C)o1. The lowest BCUT2D eigenvalue weighted by molar-refractivity contribution is -0.124. The average molecular weight is 257 g/mol. The summed E-state index contributed by atoms with van der Waals surface area (Å²) in [7, 11) is 0. The molecule has 5 heteroatoms. The number of aryl methyl sites for hydroxylation is 1. The smallest absolute Gasteiger partial charge is 0.244 e. The van der Waals surface area contributed by atoms with Crippen molar-refractivity contribution < 1.29 is 9.21 Å². The van der Waals surface area contributed by atoms with E-state index in [1.807, 2.05) is 32.1 Å². The first-order chi connectivity index (χ1) is 8.98. The van der Waals surface area contributed by atoms with Crippen LogP contribution in [0.1, 0.15) is 32.0 Å². The van der Waals surface area contributed by atoms with E-state index in [2.05, 4.69) is 15.5 Å². The Morgan fingerprint density at radius 1 is 1.32 bits per heavy atom. The predicted molar refractivity (Wildman–Crippen MR) is 69.7 cm³/mol. The van der Waals surface area contributed by atoms with Gasteiger partial charge in [-0.25, -0.2) is 0 Å². The molecule has 0 spiro atoms. The Morgan fingerprint density at radius 3 is 2.79 bits per heavy atom. The monoisotopic (exact) mass is 257 g/mol. The summed E-state index contributed by atoms with van der Waals surface area (Å²) in [6.07, 6.45) is 6.57. The van der Waals surface area contributed by atoms with Gasteiger partial charge in [0.25, 0.3) is 0 Å². The van der Waals surface area contributed by atoms with Gasteiger partial charge in [-0.3, -0.25) is 4.79 Å². The molecule has 1 N–H and O–H groups in total. The summed E-state index contributed by atoms with van der Waals surface area (Å²) >= 11 is 0. The zero-order valence-corrected chi connectivity index (χ0v) is 11.2. The van der Waals surface area contributed by atoms with Crippen LogP contribution in [0.4, 0.5) is 0 Å². The molecule has 19 heavy (non-hydrogen) atoms. The van der Waals surface area contributed by atoms with Crippen LogP contribution < -0.4 is 5.32 Å². The van der Waals surface area contributed by atoms with E-state index in [1.165, 1.54) is 0 Å². The summed E-state index contributed by atoms with van der Waals surface area (Å²) in [4.78, 5) is 11.9. The van der Waals surface area contributed by atoms with E-state index in [1.54, 1.807) is 6.92 Å². The minimum absolute atomic E-state index is 0.0375. The highest BCUT2D eigenvalue weighted by atomic mass is 16.4. The topological polar surface area (TPSA) is 68.0 Å². The van der Waals surface area contributed by atoms with Crippen molar-refractivity contribution in [1.82, 2.24) is 15.5 Å². The van der Waals surface area contributed by atoms with Gasteiger partial charge in [-0.2, -0.15) is 0 Å². The highest BCUT2D eigenvalue weighted by Gasteiger charge is 2.40. The number of allylic oxidation sites excluding steroid dienone is 5. The average Bonchev–Trinajstić information content (AvgIpc) is 2.77. The minimum atomic E-state index is -0.497. The van der Waals surface area contributed by atoms with Gasteiger partial charge in [-0.05, 0) is 25.8 Å². The van der Waals surface area contributed by atoms with Crippen LogP contribution in [0.15, 0.2) is 33.9 Å². The van der Waals surface area contributed by atoms with E-state index in [0.717, 1.165) is 16.8 Å². The van der Waals surface area contributed by atoms with Gasteiger partial charge >= 0.3 is 0 Å². The molecule has 0 aromatic carbocycles. The number of fused-ring (bicyclic) bond motifs is 1. The molecule has 1 aromatic heterocycles. The van der Waals surface area contributed by atoms with Crippen molar-refractivity contribution in [2.45, 2.75) is 27.2 Å². The number of hydrogen-bond acceptors (Lipinski definition) is 4. The minimum Gasteiger partial charge on any atom is -0.421 e. The van der Waals surface area contributed by atoms with E-state index in [9.17, 15) is 4.79 Å². The molecule has 5 nitrogen and oxygen atoms in total. The number of aromatic nitrogens is 2. The van der Waals surface area contributed by atoms with Gasteiger partial charge < -0.3 is 9.73 Å². The number of carbonyl (C=O) groups is 1. The second-order valence-corrected chi connectivity index (χ2v) is 5.30. The molecule has 1 saturated heterocycles. The number of amides is 1. The first-order valence-electron chi connectivity index (χ1n) is 6.22. The Morgan fingerprint density at radius 2 is 2.11 bits per heavy atom. The molecule has 0 atom stereocenters. The van der Waals surface area contributed by atoms with Crippen LogP contribution >= 0.6 is 0 Å². The number of nitrogens with zero attached hydrogens (tertiary/aromatic N) is 2. The maximum atomic E-state index is 11.9. The third kappa shape index (κ3) is 1.82. The first-order valence-corrected chi connectivity index (χ1v) is 6.22. The molecule has 1 aliphatic carbocycles. The maximum absolute atomic E-state index is 11.9. The lowest BCUT2D eigenvalue weighted by atomic mass is 9.85. The second kappa shape index (κ2) is 3.91. The largest absolute Gasteiger partial charge is 0.421 e. The van der Waals surface area contributed by atoms with Gasteiger partial charge in [-0.15, -0.1) is 10.2 Å². The van der Waals surface area contributed by atoms with Crippen molar-refractivity contribution in [3.8, 4) is 0 Å². The quantitative estimate of drug-likeness (QED) is 0.836. The van der Waals surface area contributed by atoms with Crippen molar-refractivity contribution in [3.63, 3.8) is 0 Å². The fourth-order valence-electron chi connectivity index (χ4n) is 2.31. The maximum Gasteiger partial charge on any atom is 0.244 e. The van der Waals surface area contributed by atoms with Crippen LogP contribution in [-0.4, -0.2) is 16.1 Å². The van der Waals surface area contributed by atoms with Gasteiger partial charge in [0.2, 0.25) is 17.7 Å². The van der Waals surface area contributed by atoms with Crippen LogP contribution in [0.3, 0.4) is 0 Å². The Labute approximate surface area is 111 Å². The molecular weight excluding hydrogens is 242 g/mol. The van der Waals surface area contributed by atoms with Gasteiger partial charge in [0, 0.05) is 18.2 Å². The lowest BCUT2D eigenvalue weighted by Gasteiger charge is -2.14. The fraction of sp³-hybridized carbons (Fsp3) is 0.357. The zero-order valence-electron chi connectivity index (χ0n) is 11.2. The fourth-order valence-corrected chi connectivity index (χ4v) is 2.31. The standard InChI is InChI=1S/C14H15N3O2/c1-8-16-17-12(19-8)9-4-6-10-11(7-5-9)15-13(18)14(10,2)3/h4,6-7H,5H2,1-3H3,(H,15,18). The van der Waals surface area contributed by atoms with Crippen molar-refractivity contribution in [3.05, 3.63) is 41.3 Å². The summed E-state index contributed by atoms with van der Waals surface area (Å²) in [5.74, 6) is 1.13. The van der Waals surface area contributed by atoms with E-state index in [-0.39, 0.29) is 5.91 Å². The third-order valence-corrected chi connectivity index (χ3v) is 3.56. The Kier molecular flexibility index (Phi) is 2.45. The molecule has 1 fully saturated rings. The first kappa shape index (κ1) is 11.9. The van der Waals surface area contributed by atoms with Crippen molar-refractivity contribution >= 4 is 11.5 Å². The number of hydrogen-bond donors (Lipinski definition) is 1. The van der Waals surface area contributed by atoms with Crippen LogP contribution in [0.25, 0.3) is 5.57 Å². The molecule has 1 aromatic rings. The van der Waals surface area contributed by atoms with Gasteiger partial charge in [0.15, 0.2) is 0 Å². The van der Waals surface area contributed by atoms with Crippen LogP contribution in [0.2, 0.25) is 0 Å². The summed E-state index contributed by atoms with van der Waals surface area (Å²) < 4.78 is 5.44. The lowest BCUT2D eigenvalue weighted by Crippen LogP contribution is -2.25. The Balaban J connectivity index is 2.02. The molecule has 0 unspecified atom stereocenters. The van der Waals surface area contributed by atoms with Gasteiger partial charge in [0.05, 0.1) is 5.41 Å². The predicted octanol–water partition coefficient (Wildman–Crippen LogP) is 2.13. The molecule has 2 heterocycles. The normalized spacial score (nSPS) is 21.0. The van der Waals surface area contributed by atoms with E-state index in [0.29, 0.717) is 18.2 Å². The number of carbonyl (C=O) groups excluding carboxylic acids is 1.